The number of imidazole rings is 3. The number of fused-ring (bicyclic) bond motifs is 3. The number of nitrogens with zero attached hydrogens (tertiary/aromatic N) is 10. The number of halogens is 1. The molecule has 0 spiro atoms. The number of hydrogen-bond donors (Lipinski definition) is 5. The molecule has 0 amide bonds. The van der Waals surface area contributed by atoms with Gasteiger partial charge in [-0.1, -0.05) is 123 Å². The smallest absolute Gasteiger partial charge is 0.481 e. The van der Waals surface area contributed by atoms with Gasteiger partial charge in [0.15, 0.2) is 16.9 Å². The molecule has 6 N–H and O–H groups in total. The first kappa shape index (κ1) is 81.6. The van der Waals surface area contributed by atoms with Gasteiger partial charge in [-0.05, 0) is 202 Å². The van der Waals surface area contributed by atoms with Crippen molar-refractivity contribution in [2.24, 2.45) is 11.1 Å². The molecule has 107 heavy (non-hydrogen) atoms. The molecule has 0 saturated carbocycles. The van der Waals surface area contributed by atoms with E-state index in [4.69, 9.17) is 25.3 Å². The maximum absolute atomic E-state index is 11.5. The zero-order valence-corrected chi connectivity index (χ0v) is 63.0. The Hall–Kier alpha value is -11.0. The van der Waals surface area contributed by atoms with Crippen LogP contribution in [0.25, 0.3) is 75.9 Å². The lowest BCUT2D eigenvalue weighted by molar-refractivity contribution is -0.150. The Morgan fingerprint density at radius 2 is 0.981 bits per heavy atom. The minimum atomic E-state index is -1.49. The number of carboxylic acids is 2. The molecule has 0 bridgehead atoms. The number of nitrogens with two attached hydrogens (primary N) is 1. The Bertz CT molecular complexity index is 5240. The maximum Gasteiger partial charge on any atom is 0.495 e. The molecule has 8 heterocycles. The van der Waals surface area contributed by atoms with Crippen LogP contribution >= 0.6 is 15.9 Å². The molecule has 21 nitrogen and oxygen atoms in total. The van der Waals surface area contributed by atoms with Gasteiger partial charge in [0.25, 0.3) is 0 Å². The summed E-state index contributed by atoms with van der Waals surface area (Å²) in [5.74, 6) is -2.17. The van der Waals surface area contributed by atoms with Crippen molar-refractivity contribution in [1.82, 2.24) is 48.1 Å². The van der Waals surface area contributed by atoms with Crippen LogP contribution in [-0.4, -0.2) is 130 Å². The van der Waals surface area contributed by atoms with Crippen LogP contribution in [-0.2, 0) is 25.3 Å². The van der Waals surface area contributed by atoms with Crippen LogP contribution < -0.4 is 11.2 Å². The van der Waals surface area contributed by atoms with Crippen molar-refractivity contribution >= 4 is 106 Å². The Balaban J connectivity index is 0.000000181. The second-order valence-corrected chi connectivity index (χ2v) is 28.3. The number of benzene rings is 5. The first-order valence-electron chi connectivity index (χ1n) is 34.2. The van der Waals surface area contributed by atoms with E-state index in [9.17, 15) is 29.4 Å². The second kappa shape index (κ2) is 35.8. The average Bonchev–Trinajstić information content (AvgIpc) is 1.64. The number of carbonyl (C=O) groups excluding carboxylic acids is 2. The molecule has 1 fully saturated rings. The van der Waals surface area contributed by atoms with Gasteiger partial charge in [0, 0.05) is 90.4 Å². The van der Waals surface area contributed by atoms with E-state index in [1.165, 1.54) is 6.92 Å². The maximum atomic E-state index is 11.5. The van der Waals surface area contributed by atoms with E-state index in [1.54, 1.807) is 44.1 Å². The van der Waals surface area contributed by atoms with Crippen LogP contribution in [0.3, 0.4) is 0 Å². The van der Waals surface area contributed by atoms with Gasteiger partial charge in [-0.3, -0.25) is 34.1 Å². The minimum absolute atomic E-state index is 0. The van der Waals surface area contributed by atoms with E-state index in [0.29, 0.717) is 24.0 Å². The van der Waals surface area contributed by atoms with Crippen LogP contribution in [0.15, 0.2) is 182 Å². The lowest BCUT2D eigenvalue weighted by atomic mass is 9.75. The second-order valence-electron chi connectivity index (χ2n) is 27.5. The lowest BCUT2D eigenvalue weighted by Crippen LogP contribution is -2.48. The number of rotatable bonds is 18. The molecule has 2 atom stereocenters. The van der Waals surface area contributed by atoms with Gasteiger partial charge in [0.2, 0.25) is 0 Å². The summed E-state index contributed by atoms with van der Waals surface area (Å²) in [7, 11) is -0.372. The Labute approximate surface area is 632 Å². The molecular formula is C84H91BBrN11O10. The first-order valence-corrected chi connectivity index (χ1v) is 35.0. The number of pyridine rings is 1. The fourth-order valence-corrected chi connectivity index (χ4v) is 11.3. The zero-order chi connectivity index (χ0) is 76.7. The molecule has 7 aromatic heterocycles. The molecule has 1 aliphatic rings. The van der Waals surface area contributed by atoms with Crippen LogP contribution in [0, 0.1) is 47.0 Å². The summed E-state index contributed by atoms with van der Waals surface area (Å²) in [6, 6.07) is 29.9. The zero-order valence-electron chi connectivity index (χ0n) is 61.4. The Morgan fingerprint density at radius 3 is 1.47 bits per heavy atom. The van der Waals surface area contributed by atoms with E-state index < -0.39 is 29.5 Å². The predicted octanol–water partition coefficient (Wildman–Crippen LogP) is 15.1. The van der Waals surface area contributed by atoms with Crippen molar-refractivity contribution in [3.8, 4) is 22.5 Å². The highest BCUT2D eigenvalue weighted by Crippen LogP contribution is 2.37. The summed E-state index contributed by atoms with van der Waals surface area (Å²) < 4.78 is 19.0. The summed E-state index contributed by atoms with van der Waals surface area (Å²) in [5, 5.41) is 35.3. The van der Waals surface area contributed by atoms with Crippen LogP contribution in [0.4, 0.5) is 0 Å². The highest BCUT2D eigenvalue weighted by molar-refractivity contribution is 9.10. The number of aliphatic hydroxyl groups excluding tert-OH is 2. The monoisotopic (exact) mass is 1500 g/mol. The highest BCUT2D eigenvalue weighted by Gasteiger charge is 2.52. The fraction of sp³-hybridized carbons (Fsp3) is 0.250. The van der Waals surface area contributed by atoms with Crippen molar-refractivity contribution < 1.29 is 48.9 Å². The molecule has 0 radical (unpaired) electrons. The van der Waals surface area contributed by atoms with Gasteiger partial charge in [-0.2, -0.15) is 0 Å². The number of carboxylic acid groups (broad SMARTS) is 2. The third kappa shape index (κ3) is 20.3. The molecule has 23 heteroatoms. The van der Waals surface area contributed by atoms with Gasteiger partial charge in [0.1, 0.15) is 22.7 Å². The highest BCUT2D eigenvalue weighted by atomic mass is 79.9. The van der Waals surface area contributed by atoms with Crippen LogP contribution in [0.1, 0.15) is 148 Å². The van der Waals surface area contributed by atoms with E-state index >= 15 is 0 Å². The Morgan fingerprint density at radius 1 is 0.533 bits per heavy atom. The van der Waals surface area contributed by atoms with E-state index in [2.05, 4.69) is 160 Å². The molecule has 13 rings (SSSR count). The standard InChI is InChI=1S/C27H28N4O3.C23H27BO3.C23H19N3O.C6H4BrN3.C4H9NO3.CH4/c1-18-4-5-20(8-9-27(3,17-32)26(33)34)12-21(18)6-7-22-13-28-14-23(19(22)2)24-16-31-11-10-29-25(31)15-30-24;1-16-10-11-18(15-25)14-20(16)13-12-19-8-7-9-21(17(19)2)24-26-22(3,4)23(5,6)27-24;1-16-6-7-18(15-27)12-20(16)9-8-19-4-3-5-21(17(19)2)22-14-26-11-10-24-23(26)13-25-22;7-5-4-10-2-1-8-6(10)3-9-5;1-4(5,2-6)3(7)8;/h4-7,10-16,32H,8-9,17H2,1-3H3,(H,33,34);7-15H,1-6H3;3-15H,1-2H3;1-4H;6H,2,5H2,1H3,(H,7,8);1H4/b7-6+;13-12+;9-8+;;;/t27-;;;;4-;/m0...0./s1. The first-order chi connectivity index (χ1) is 50.5. The summed E-state index contributed by atoms with van der Waals surface area (Å²) in [6.07, 6.45) is 40.7. The molecule has 1 saturated heterocycles. The van der Waals surface area contributed by atoms with Gasteiger partial charge in [0.05, 0.1) is 59.8 Å². The molecule has 552 valence electrons. The van der Waals surface area contributed by atoms with Crippen molar-refractivity contribution in [3.63, 3.8) is 0 Å². The minimum Gasteiger partial charge on any atom is -0.481 e. The number of aliphatic hydroxyl groups is 2. The van der Waals surface area contributed by atoms with Crippen LogP contribution in [0.2, 0.25) is 0 Å². The summed E-state index contributed by atoms with van der Waals surface area (Å²) in [4.78, 5) is 73.6. The Kier molecular flexibility index (Phi) is 27.3. The number of carbonyl (C=O) groups is 4. The molecule has 12 aromatic rings. The molecule has 1 aliphatic heterocycles. The third-order valence-corrected chi connectivity index (χ3v) is 19.5. The molecule has 0 aliphatic carbocycles. The topological polar surface area (TPSA) is 297 Å². The molecule has 5 aromatic carbocycles. The quantitative estimate of drug-likeness (QED) is 0.0303. The van der Waals surface area contributed by atoms with Crippen molar-refractivity contribution in [2.75, 3.05) is 13.2 Å². The number of aryl methyl sites for hydroxylation is 4. The number of hydrogen-bond acceptors (Lipinski definition) is 16. The van der Waals surface area contributed by atoms with Gasteiger partial charge in [-0.15, -0.1) is 0 Å². The summed E-state index contributed by atoms with van der Waals surface area (Å²) >= 11 is 3.26. The number of aromatic nitrogens is 10. The SMILES string of the molecule is Brc1cn2ccnc2cn1.C.C[C@](N)(CO)C(=O)O.Cc1ccc(C=O)cc1/C=C/c1cccc(-c2cn3ccnc3cn2)c1C.Cc1ccc(C=O)cc1/C=C/c1cccc(B2OC(C)(C)C(C)(C)O2)c1C.Cc1ccc(CC[C@@](C)(CO)C(=O)O)cc1/C=C/c1cncc(-c2cn3ccnc3cn2)c1C. The third-order valence-electron chi connectivity index (χ3n) is 19.1. The lowest BCUT2D eigenvalue weighted by Gasteiger charge is -2.32. The molecular weight excluding hydrogens is 1410 g/mol. The van der Waals surface area contributed by atoms with Crippen LogP contribution in [0.5, 0.6) is 0 Å². The van der Waals surface area contributed by atoms with Gasteiger partial charge >= 0.3 is 19.1 Å². The van der Waals surface area contributed by atoms with Crippen molar-refractivity contribution in [1.29, 1.82) is 0 Å². The van der Waals surface area contributed by atoms with Crippen molar-refractivity contribution in [3.05, 3.63) is 266 Å². The van der Waals surface area contributed by atoms with E-state index in [1.807, 2.05) is 150 Å². The number of aldehydes is 2. The molecule has 0 unspecified atom stereocenters. The largest absolute Gasteiger partial charge is 0.495 e. The summed E-state index contributed by atoms with van der Waals surface area (Å²) in [6.45, 7) is 22.5. The van der Waals surface area contributed by atoms with E-state index in [0.717, 1.165) is 134 Å². The average molecular weight is 1510 g/mol. The van der Waals surface area contributed by atoms with Crippen molar-refractivity contribution in [2.45, 2.75) is 120 Å². The van der Waals surface area contributed by atoms with Gasteiger partial charge < -0.3 is 48.7 Å². The van der Waals surface area contributed by atoms with Gasteiger partial charge in [-0.25, -0.2) is 19.9 Å². The number of aliphatic carboxylic acids is 2. The predicted molar refractivity (Wildman–Crippen MR) is 428 cm³/mol. The normalized spacial score (nSPS) is 14.0. The fourth-order valence-electron chi connectivity index (χ4n) is 11.0. The van der Waals surface area contributed by atoms with E-state index in [-0.39, 0.29) is 32.4 Å². The summed E-state index contributed by atoms with van der Waals surface area (Å²) in [5.41, 5.74) is 24.5.